The number of fused-ring (bicyclic) bond motifs is 20. The Kier molecular flexibility index (Phi) is 9.45. The lowest BCUT2D eigenvalue weighted by molar-refractivity contribution is 0.776. The summed E-state index contributed by atoms with van der Waals surface area (Å²) < 4.78 is 2.63. The van der Waals surface area contributed by atoms with Gasteiger partial charge in [0.15, 0.2) is 0 Å². The topological polar surface area (TPSA) is 6.48 Å². The summed E-state index contributed by atoms with van der Waals surface area (Å²) in [5.74, 6) is 0. The van der Waals surface area contributed by atoms with Crippen molar-refractivity contribution in [3.8, 4) is 66.8 Å². The number of para-hydroxylation sites is 4. The average molecular weight is 983 g/mol. The summed E-state index contributed by atoms with van der Waals surface area (Å²) in [6, 6.07) is 105. The standard InChI is InChI=1S/C73H46N2S/c1-3-21-47(22-4-1)51-25-11-17-35-68(51)74(49-39-41-54-58-30-12-18-36-69(58)75(48-23-5-2-6-24-48)70-37-19-13-31-59(70)61(54)43-49)50-40-42-57-53-27-8-7-26-52(53)55-28-9-15-33-64(55)73(66(57)44-50)65-34-16-10-29-56(65)62-46-72-63(45-67(62)73)60-32-14-20-38-71(60)76-72/h1-46H. The number of anilines is 6. The largest absolute Gasteiger partial charge is 0.310 e. The molecule has 0 N–H and O–H groups in total. The Labute approximate surface area is 446 Å². The molecule has 1 aliphatic heterocycles. The Morgan fingerprint density at radius 3 is 1.49 bits per heavy atom. The van der Waals surface area contributed by atoms with Crippen LogP contribution in [-0.4, -0.2) is 0 Å². The Balaban J connectivity index is 1.01. The van der Waals surface area contributed by atoms with Crippen LogP contribution in [0.1, 0.15) is 22.3 Å². The average Bonchev–Trinajstić information content (AvgIpc) is 4.08. The predicted octanol–water partition coefficient (Wildman–Crippen LogP) is 20.3. The van der Waals surface area contributed by atoms with Crippen molar-refractivity contribution in [2.45, 2.75) is 5.41 Å². The lowest BCUT2D eigenvalue weighted by atomic mass is 9.65. The van der Waals surface area contributed by atoms with Crippen LogP contribution in [0.2, 0.25) is 0 Å². The summed E-state index contributed by atoms with van der Waals surface area (Å²) in [5, 5.41) is 2.61. The van der Waals surface area contributed by atoms with Crippen LogP contribution >= 0.6 is 11.3 Å². The minimum atomic E-state index is -0.688. The molecule has 1 spiro atoms. The van der Waals surface area contributed by atoms with E-state index >= 15 is 0 Å². The van der Waals surface area contributed by atoms with E-state index in [2.05, 4.69) is 289 Å². The number of rotatable bonds is 5. The Morgan fingerprint density at radius 1 is 0.289 bits per heavy atom. The van der Waals surface area contributed by atoms with Crippen molar-refractivity contribution in [3.05, 3.63) is 301 Å². The lowest BCUT2D eigenvalue weighted by Crippen LogP contribution is -2.29. The molecule has 1 unspecified atom stereocenters. The van der Waals surface area contributed by atoms with Gasteiger partial charge in [0.1, 0.15) is 0 Å². The molecule has 1 aromatic heterocycles. The Bertz CT molecular complexity index is 4490. The fraction of sp³-hybridized carbons (Fsp3) is 0.0137. The van der Waals surface area contributed by atoms with E-state index in [1.54, 1.807) is 0 Å². The second kappa shape index (κ2) is 16.7. The van der Waals surface area contributed by atoms with E-state index in [1.807, 2.05) is 11.3 Å². The maximum absolute atomic E-state index is 2.57. The van der Waals surface area contributed by atoms with Gasteiger partial charge in [-0.3, -0.25) is 0 Å². The first kappa shape index (κ1) is 42.9. The minimum Gasteiger partial charge on any atom is -0.310 e. The van der Waals surface area contributed by atoms with Crippen LogP contribution in [0.3, 0.4) is 0 Å². The van der Waals surface area contributed by atoms with Gasteiger partial charge in [-0.15, -0.1) is 11.3 Å². The highest BCUT2D eigenvalue weighted by Gasteiger charge is 2.50. The number of thiophene rings is 1. The fourth-order valence-electron chi connectivity index (χ4n) is 13.3. The maximum Gasteiger partial charge on any atom is 0.0726 e. The molecule has 2 heterocycles. The molecular weight excluding hydrogens is 937 g/mol. The van der Waals surface area contributed by atoms with Crippen LogP contribution in [0.25, 0.3) is 86.9 Å². The van der Waals surface area contributed by atoms with Crippen molar-refractivity contribution in [2.24, 2.45) is 0 Å². The first-order chi connectivity index (χ1) is 37.7. The van der Waals surface area contributed by atoms with Gasteiger partial charge in [0.25, 0.3) is 0 Å². The highest BCUT2D eigenvalue weighted by atomic mass is 32.1. The van der Waals surface area contributed by atoms with E-state index in [1.165, 1.54) is 98.1 Å². The van der Waals surface area contributed by atoms with Crippen LogP contribution in [0.4, 0.5) is 34.1 Å². The molecular formula is C73H46N2S. The van der Waals surface area contributed by atoms with Crippen LogP contribution in [-0.2, 0) is 5.41 Å². The summed E-state index contributed by atoms with van der Waals surface area (Å²) in [5.41, 5.74) is 25.8. The summed E-state index contributed by atoms with van der Waals surface area (Å²) in [4.78, 5) is 4.96. The molecule has 0 saturated heterocycles. The zero-order valence-electron chi connectivity index (χ0n) is 41.4. The lowest BCUT2D eigenvalue weighted by Gasteiger charge is -2.37. The van der Waals surface area contributed by atoms with Crippen molar-refractivity contribution in [3.63, 3.8) is 0 Å². The smallest absolute Gasteiger partial charge is 0.0726 e. The van der Waals surface area contributed by atoms with Crippen LogP contribution in [0.15, 0.2) is 279 Å². The monoisotopic (exact) mass is 982 g/mol. The van der Waals surface area contributed by atoms with Crippen LogP contribution in [0, 0.1) is 0 Å². The van der Waals surface area contributed by atoms with E-state index in [0.717, 1.165) is 45.3 Å². The molecule has 12 aromatic carbocycles. The van der Waals surface area contributed by atoms with Gasteiger partial charge in [0.2, 0.25) is 0 Å². The second-order valence-electron chi connectivity index (χ2n) is 20.3. The first-order valence-corrected chi connectivity index (χ1v) is 27.1. The summed E-state index contributed by atoms with van der Waals surface area (Å²) in [6.07, 6.45) is 0. The molecule has 1 atom stereocenters. The molecule has 2 aliphatic carbocycles. The van der Waals surface area contributed by atoms with Crippen LogP contribution < -0.4 is 9.80 Å². The van der Waals surface area contributed by atoms with E-state index in [0.29, 0.717) is 0 Å². The highest BCUT2D eigenvalue weighted by Crippen LogP contribution is 2.63. The van der Waals surface area contributed by atoms with Gasteiger partial charge in [-0.1, -0.05) is 206 Å². The van der Waals surface area contributed by atoms with E-state index < -0.39 is 5.41 Å². The number of hydrogen-bond donors (Lipinski definition) is 0. The van der Waals surface area contributed by atoms with Crippen molar-refractivity contribution >= 4 is 65.6 Å². The van der Waals surface area contributed by atoms with Gasteiger partial charge in [-0.05, 0) is 145 Å². The molecule has 3 heteroatoms. The molecule has 0 amide bonds. The summed E-state index contributed by atoms with van der Waals surface area (Å²) in [7, 11) is 0. The molecule has 0 saturated carbocycles. The van der Waals surface area contributed by atoms with E-state index in [9.17, 15) is 0 Å². The van der Waals surface area contributed by atoms with Crippen molar-refractivity contribution in [1.82, 2.24) is 0 Å². The number of hydrogen-bond acceptors (Lipinski definition) is 3. The van der Waals surface area contributed by atoms with E-state index in [4.69, 9.17) is 0 Å². The van der Waals surface area contributed by atoms with Crippen molar-refractivity contribution < 1.29 is 0 Å². The third-order valence-corrected chi connectivity index (χ3v) is 17.6. The predicted molar refractivity (Wildman–Crippen MR) is 320 cm³/mol. The Hall–Kier alpha value is -9.54. The van der Waals surface area contributed by atoms with Gasteiger partial charge < -0.3 is 9.80 Å². The van der Waals surface area contributed by atoms with Crippen molar-refractivity contribution in [1.29, 1.82) is 0 Å². The zero-order chi connectivity index (χ0) is 49.9. The maximum atomic E-state index is 2.57. The molecule has 76 heavy (non-hydrogen) atoms. The molecule has 0 bridgehead atoms. The third-order valence-electron chi connectivity index (χ3n) is 16.4. The van der Waals surface area contributed by atoms with Crippen molar-refractivity contribution in [2.75, 3.05) is 9.80 Å². The normalized spacial score (nSPS) is 14.3. The molecule has 354 valence electrons. The van der Waals surface area contributed by atoms with Gasteiger partial charge in [0, 0.05) is 53.9 Å². The Morgan fingerprint density at radius 2 is 0.776 bits per heavy atom. The van der Waals surface area contributed by atoms with Crippen LogP contribution in [0.5, 0.6) is 0 Å². The summed E-state index contributed by atoms with van der Waals surface area (Å²) in [6.45, 7) is 0. The molecule has 0 radical (unpaired) electrons. The molecule has 16 rings (SSSR count). The molecule has 2 nitrogen and oxygen atoms in total. The molecule has 13 aromatic rings. The quantitative estimate of drug-likeness (QED) is 0.170. The number of nitrogens with zero attached hydrogens (tertiary/aromatic N) is 2. The van der Waals surface area contributed by atoms with Gasteiger partial charge >= 0.3 is 0 Å². The fourth-order valence-corrected chi connectivity index (χ4v) is 14.4. The zero-order valence-corrected chi connectivity index (χ0v) is 42.2. The highest BCUT2D eigenvalue weighted by molar-refractivity contribution is 7.25. The number of benzene rings is 12. The van der Waals surface area contributed by atoms with Gasteiger partial charge in [0.05, 0.1) is 22.5 Å². The van der Waals surface area contributed by atoms with Gasteiger partial charge in [-0.25, -0.2) is 0 Å². The summed E-state index contributed by atoms with van der Waals surface area (Å²) >= 11 is 1.90. The minimum absolute atomic E-state index is 0.688. The SMILES string of the molecule is c1ccc(-c2ccccc2N(c2ccc3c(c2)-c2ccccc2N(c2ccccc2)c2ccccc2-3)c2ccc3c(c2)C2(c4ccccc4-c4ccccc4-3)c3ccccc3-c3cc4sc5ccccc5c4cc32)cc1. The third kappa shape index (κ3) is 6.15. The van der Waals surface area contributed by atoms with Gasteiger partial charge in [-0.2, -0.15) is 0 Å². The molecule has 3 aliphatic rings. The van der Waals surface area contributed by atoms with E-state index in [-0.39, 0.29) is 0 Å². The second-order valence-corrected chi connectivity index (χ2v) is 21.3. The first-order valence-electron chi connectivity index (χ1n) is 26.2. The molecule has 0 fully saturated rings.